The number of nitrogens with one attached hydrogen (secondary N) is 1. The molecule has 2 aliphatic heterocycles. The van der Waals surface area contributed by atoms with Crippen molar-refractivity contribution < 1.29 is 0 Å². The molecule has 0 spiro atoms. The number of likely N-dealkylation sites (tertiary alicyclic amines) is 1. The molecule has 0 saturated carbocycles. The molecule has 5 nitrogen and oxygen atoms in total. The van der Waals surface area contributed by atoms with Crippen LogP contribution in [0.15, 0.2) is 4.99 Å². The molecule has 0 aliphatic carbocycles. The lowest BCUT2D eigenvalue weighted by Crippen LogP contribution is -2.55. The van der Waals surface area contributed by atoms with Crippen molar-refractivity contribution in [3.8, 4) is 6.19 Å². The van der Waals surface area contributed by atoms with E-state index in [4.69, 9.17) is 5.26 Å². The van der Waals surface area contributed by atoms with E-state index < -0.39 is 0 Å². The van der Waals surface area contributed by atoms with Gasteiger partial charge in [0.15, 0.2) is 0 Å². The molecular formula is C9H15N5. The lowest BCUT2D eigenvalue weighted by atomic mass is 10.2. The second-order valence-corrected chi connectivity index (χ2v) is 3.59. The third kappa shape index (κ3) is 1.80. The quantitative estimate of drug-likeness (QED) is 0.318. The Morgan fingerprint density at radius 1 is 1.14 bits per heavy atom. The standard InChI is InChI=1S/C9H15N5/c10-8-12-9(13-4-1-5-13)14-6-2-11-3-7-14/h11H,1-7H2. The minimum Gasteiger partial charge on any atom is -0.342 e. The Bertz CT molecular complexity index is 257. The van der Waals surface area contributed by atoms with Crippen molar-refractivity contribution >= 4 is 5.96 Å². The summed E-state index contributed by atoms with van der Waals surface area (Å²) in [5.41, 5.74) is 0. The molecule has 0 atom stereocenters. The van der Waals surface area contributed by atoms with Gasteiger partial charge in [-0.15, -0.1) is 4.99 Å². The number of aliphatic imine (C=N–C) groups is 1. The van der Waals surface area contributed by atoms with E-state index in [1.54, 1.807) is 0 Å². The van der Waals surface area contributed by atoms with Crippen molar-refractivity contribution in [2.45, 2.75) is 6.42 Å². The summed E-state index contributed by atoms with van der Waals surface area (Å²) >= 11 is 0. The molecule has 2 aliphatic rings. The number of hydrogen-bond acceptors (Lipinski definition) is 3. The predicted octanol–water partition coefficient (Wildman–Crippen LogP) is -0.566. The van der Waals surface area contributed by atoms with E-state index >= 15 is 0 Å². The SMILES string of the molecule is N#CN=C(N1CCC1)N1CCNCC1. The molecule has 0 aromatic rings. The smallest absolute Gasteiger partial charge is 0.212 e. The Hall–Kier alpha value is -1.28. The van der Waals surface area contributed by atoms with Crippen molar-refractivity contribution in [1.29, 1.82) is 5.26 Å². The first-order chi connectivity index (χ1) is 6.92. The van der Waals surface area contributed by atoms with E-state index in [2.05, 4.69) is 20.1 Å². The zero-order valence-corrected chi connectivity index (χ0v) is 8.24. The monoisotopic (exact) mass is 193 g/mol. The van der Waals surface area contributed by atoms with Gasteiger partial charge in [-0.3, -0.25) is 0 Å². The van der Waals surface area contributed by atoms with Gasteiger partial charge in [0.25, 0.3) is 0 Å². The number of nitriles is 1. The Balaban J connectivity index is 2.02. The summed E-state index contributed by atoms with van der Waals surface area (Å²) in [5.74, 6) is 0.875. The van der Waals surface area contributed by atoms with Gasteiger partial charge in [-0.1, -0.05) is 0 Å². The Kier molecular flexibility index (Phi) is 2.84. The minimum absolute atomic E-state index is 0.875. The second-order valence-electron chi connectivity index (χ2n) is 3.59. The van der Waals surface area contributed by atoms with Gasteiger partial charge in [0, 0.05) is 39.3 Å². The van der Waals surface area contributed by atoms with E-state index in [1.165, 1.54) is 6.42 Å². The van der Waals surface area contributed by atoms with Crippen LogP contribution in [0.3, 0.4) is 0 Å². The summed E-state index contributed by atoms with van der Waals surface area (Å²) < 4.78 is 0. The molecule has 5 heteroatoms. The van der Waals surface area contributed by atoms with Crippen LogP contribution in [-0.4, -0.2) is 55.0 Å². The number of nitrogens with zero attached hydrogens (tertiary/aromatic N) is 4. The third-order valence-corrected chi connectivity index (χ3v) is 2.69. The fourth-order valence-electron chi connectivity index (χ4n) is 1.77. The summed E-state index contributed by atoms with van der Waals surface area (Å²) in [7, 11) is 0. The lowest BCUT2D eigenvalue weighted by Gasteiger charge is -2.40. The maximum atomic E-state index is 8.63. The molecule has 14 heavy (non-hydrogen) atoms. The van der Waals surface area contributed by atoms with Crippen LogP contribution in [0.1, 0.15) is 6.42 Å². The Morgan fingerprint density at radius 3 is 2.29 bits per heavy atom. The van der Waals surface area contributed by atoms with E-state index in [0.717, 1.165) is 45.2 Å². The lowest BCUT2D eigenvalue weighted by molar-refractivity contribution is 0.235. The topological polar surface area (TPSA) is 54.7 Å². The van der Waals surface area contributed by atoms with Gasteiger partial charge < -0.3 is 15.1 Å². The molecule has 2 rings (SSSR count). The highest BCUT2D eigenvalue weighted by Crippen LogP contribution is 2.10. The molecule has 0 bridgehead atoms. The van der Waals surface area contributed by atoms with Gasteiger partial charge in [-0.05, 0) is 6.42 Å². The van der Waals surface area contributed by atoms with Crippen molar-refractivity contribution in [1.82, 2.24) is 15.1 Å². The maximum absolute atomic E-state index is 8.63. The van der Waals surface area contributed by atoms with Crippen LogP contribution in [-0.2, 0) is 0 Å². The van der Waals surface area contributed by atoms with Gasteiger partial charge in [0.05, 0.1) is 0 Å². The molecule has 0 amide bonds. The van der Waals surface area contributed by atoms with E-state index in [1.807, 2.05) is 6.19 Å². The Labute approximate surface area is 84.0 Å². The first-order valence-electron chi connectivity index (χ1n) is 5.09. The van der Waals surface area contributed by atoms with Gasteiger partial charge in [-0.25, -0.2) is 0 Å². The van der Waals surface area contributed by atoms with E-state index in [9.17, 15) is 0 Å². The zero-order chi connectivity index (χ0) is 9.80. The molecule has 2 fully saturated rings. The molecule has 2 heterocycles. The molecule has 0 aromatic heterocycles. The molecule has 76 valence electrons. The van der Waals surface area contributed by atoms with Gasteiger partial charge in [0.1, 0.15) is 0 Å². The van der Waals surface area contributed by atoms with Crippen LogP contribution in [0.25, 0.3) is 0 Å². The maximum Gasteiger partial charge on any atom is 0.212 e. The molecule has 2 saturated heterocycles. The predicted molar refractivity (Wildman–Crippen MR) is 53.7 cm³/mol. The van der Waals surface area contributed by atoms with Gasteiger partial charge >= 0.3 is 0 Å². The molecule has 0 unspecified atom stereocenters. The highest BCUT2D eigenvalue weighted by Gasteiger charge is 2.24. The van der Waals surface area contributed by atoms with Crippen LogP contribution in [0.4, 0.5) is 0 Å². The van der Waals surface area contributed by atoms with Gasteiger partial charge in [-0.2, -0.15) is 5.26 Å². The third-order valence-electron chi connectivity index (χ3n) is 2.69. The molecular weight excluding hydrogens is 178 g/mol. The fourth-order valence-corrected chi connectivity index (χ4v) is 1.77. The Morgan fingerprint density at radius 2 is 1.79 bits per heavy atom. The van der Waals surface area contributed by atoms with Crippen LogP contribution >= 0.6 is 0 Å². The molecule has 0 radical (unpaired) electrons. The van der Waals surface area contributed by atoms with E-state index in [0.29, 0.717) is 0 Å². The fraction of sp³-hybridized carbons (Fsp3) is 0.778. The average Bonchev–Trinajstić information content (AvgIpc) is 2.16. The van der Waals surface area contributed by atoms with Crippen LogP contribution in [0.5, 0.6) is 0 Å². The van der Waals surface area contributed by atoms with E-state index in [-0.39, 0.29) is 0 Å². The zero-order valence-electron chi connectivity index (χ0n) is 8.24. The number of guanidine groups is 1. The number of rotatable bonds is 0. The first kappa shape index (κ1) is 9.28. The first-order valence-corrected chi connectivity index (χ1v) is 5.09. The summed E-state index contributed by atoms with van der Waals surface area (Å²) in [6, 6.07) is 0. The largest absolute Gasteiger partial charge is 0.342 e. The second kappa shape index (κ2) is 4.29. The summed E-state index contributed by atoms with van der Waals surface area (Å²) in [5, 5.41) is 11.9. The summed E-state index contributed by atoms with van der Waals surface area (Å²) in [6.07, 6.45) is 3.12. The van der Waals surface area contributed by atoms with Gasteiger partial charge in [0.2, 0.25) is 12.2 Å². The minimum atomic E-state index is 0.875. The van der Waals surface area contributed by atoms with Crippen molar-refractivity contribution in [2.24, 2.45) is 4.99 Å². The van der Waals surface area contributed by atoms with Crippen molar-refractivity contribution in [3.05, 3.63) is 0 Å². The number of hydrogen-bond donors (Lipinski definition) is 1. The van der Waals surface area contributed by atoms with Crippen molar-refractivity contribution in [2.75, 3.05) is 39.3 Å². The van der Waals surface area contributed by atoms with Crippen molar-refractivity contribution in [3.63, 3.8) is 0 Å². The normalized spacial score (nSPS) is 22.9. The average molecular weight is 193 g/mol. The number of piperazine rings is 1. The van der Waals surface area contributed by atoms with Crippen LogP contribution < -0.4 is 5.32 Å². The molecule has 1 N–H and O–H groups in total. The highest BCUT2D eigenvalue weighted by atomic mass is 15.4. The highest BCUT2D eigenvalue weighted by molar-refractivity contribution is 5.81. The summed E-state index contributed by atoms with van der Waals surface area (Å²) in [6.45, 7) is 5.97. The van der Waals surface area contributed by atoms with Crippen LogP contribution in [0, 0.1) is 11.5 Å². The molecule has 0 aromatic carbocycles. The summed E-state index contributed by atoms with van der Waals surface area (Å²) in [4.78, 5) is 8.28. The van der Waals surface area contributed by atoms with Crippen LogP contribution in [0.2, 0.25) is 0 Å².